The first-order valence-corrected chi connectivity index (χ1v) is 5.15. The van der Waals surface area contributed by atoms with Gasteiger partial charge in [0.15, 0.2) is 5.78 Å². The summed E-state index contributed by atoms with van der Waals surface area (Å²) in [5.41, 5.74) is 0.846. The maximum atomic E-state index is 12.0. The van der Waals surface area contributed by atoms with Gasteiger partial charge >= 0.3 is 6.18 Å². The van der Waals surface area contributed by atoms with Crippen LogP contribution in [0.25, 0.3) is 4.48 Å². The van der Waals surface area contributed by atoms with Crippen LogP contribution in [-0.2, 0) is 0 Å². The summed E-state index contributed by atoms with van der Waals surface area (Å²) in [6, 6.07) is 5.90. The van der Waals surface area contributed by atoms with Crippen LogP contribution in [-0.4, -0.2) is 12.0 Å². The number of Topliss-reactive ketones (excluding diaryl/α,β-unsaturated/α-hetero) is 1. The smallest absolute Gasteiger partial charge is 0.295 e. The molecule has 86 valence electrons. The quantitative estimate of drug-likeness (QED) is 0.747. The third-order valence-corrected chi connectivity index (χ3v) is 2.54. The van der Waals surface area contributed by atoms with Gasteiger partial charge in [-0.2, -0.15) is 13.2 Å². The van der Waals surface area contributed by atoms with Crippen LogP contribution in [0.15, 0.2) is 30.3 Å². The van der Waals surface area contributed by atoms with Gasteiger partial charge in [-0.25, -0.2) is 0 Å². The molecular weight excluding hydrogens is 285 g/mol. The molecule has 0 bridgehead atoms. The average Bonchev–Trinajstić information content (AvgIpc) is 2.15. The number of allylic oxidation sites excluding steroid dienone is 1. The van der Waals surface area contributed by atoms with Crippen LogP contribution in [0.3, 0.4) is 0 Å². The normalized spacial score (nSPS) is 12.7. The third kappa shape index (κ3) is 3.81. The molecule has 5 heteroatoms. The molecular formula is C11H8BrF3O. The molecule has 0 amide bonds. The Labute approximate surface area is 99.1 Å². The minimum Gasteiger partial charge on any atom is -0.295 e. The maximum absolute atomic E-state index is 12.0. The van der Waals surface area contributed by atoms with Crippen LogP contribution < -0.4 is 0 Å². The predicted octanol–water partition coefficient (Wildman–Crippen LogP) is 4.19. The molecule has 0 radical (unpaired) electrons. The Morgan fingerprint density at radius 1 is 1.19 bits per heavy atom. The zero-order chi connectivity index (χ0) is 12.3. The van der Waals surface area contributed by atoms with Crippen molar-refractivity contribution < 1.29 is 18.0 Å². The predicted molar refractivity (Wildman–Crippen MR) is 59.4 cm³/mol. The SMILES string of the molecule is CC(=O)c1ccc(/C(Br)=C/C(F)(F)F)cc1. The van der Waals surface area contributed by atoms with Crippen molar-refractivity contribution in [2.24, 2.45) is 0 Å². The summed E-state index contributed by atoms with van der Waals surface area (Å²) in [5, 5.41) is 0. The molecule has 0 aliphatic heterocycles. The van der Waals surface area contributed by atoms with Gasteiger partial charge in [0, 0.05) is 16.1 Å². The van der Waals surface area contributed by atoms with Gasteiger partial charge in [0.1, 0.15) is 0 Å². The lowest BCUT2D eigenvalue weighted by Crippen LogP contribution is -2.01. The molecule has 0 heterocycles. The topological polar surface area (TPSA) is 17.1 Å². The summed E-state index contributed by atoms with van der Waals surface area (Å²) in [6.07, 6.45) is -4.20. The van der Waals surface area contributed by atoms with Gasteiger partial charge in [-0.3, -0.25) is 4.79 Å². The van der Waals surface area contributed by atoms with E-state index in [9.17, 15) is 18.0 Å². The highest BCUT2D eigenvalue weighted by Gasteiger charge is 2.24. The van der Waals surface area contributed by atoms with Gasteiger partial charge in [-0.15, -0.1) is 0 Å². The lowest BCUT2D eigenvalue weighted by atomic mass is 10.1. The molecule has 16 heavy (non-hydrogen) atoms. The van der Waals surface area contributed by atoms with E-state index in [1.165, 1.54) is 31.2 Å². The van der Waals surface area contributed by atoms with Crippen LogP contribution in [0.4, 0.5) is 13.2 Å². The molecule has 0 spiro atoms. The number of ketones is 1. The van der Waals surface area contributed by atoms with E-state index in [2.05, 4.69) is 15.9 Å². The fraction of sp³-hybridized carbons (Fsp3) is 0.182. The number of halogens is 4. The average molecular weight is 293 g/mol. The Morgan fingerprint density at radius 3 is 2.00 bits per heavy atom. The van der Waals surface area contributed by atoms with E-state index in [4.69, 9.17) is 0 Å². The number of rotatable bonds is 2. The Morgan fingerprint density at radius 2 is 1.62 bits per heavy atom. The van der Waals surface area contributed by atoms with Crippen molar-refractivity contribution in [3.8, 4) is 0 Å². The van der Waals surface area contributed by atoms with E-state index in [1.54, 1.807) is 0 Å². The Bertz CT molecular complexity index is 418. The third-order valence-electron chi connectivity index (χ3n) is 1.86. The minimum absolute atomic E-state index is 0.0601. The molecule has 1 aromatic carbocycles. The lowest BCUT2D eigenvalue weighted by molar-refractivity contribution is -0.0791. The van der Waals surface area contributed by atoms with Crippen molar-refractivity contribution in [1.29, 1.82) is 0 Å². The monoisotopic (exact) mass is 292 g/mol. The van der Waals surface area contributed by atoms with Gasteiger partial charge < -0.3 is 0 Å². The Kier molecular flexibility index (Phi) is 3.91. The van der Waals surface area contributed by atoms with Gasteiger partial charge in [0.25, 0.3) is 0 Å². The van der Waals surface area contributed by atoms with E-state index >= 15 is 0 Å². The molecule has 1 rings (SSSR count). The summed E-state index contributed by atoms with van der Waals surface area (Å²) in [4.78, 5) is 10.9. The molecule has 0 aromatic heterocycles. The standard InChI is InChI=1S/C11H8BrF3O/c1-7(16)8-2-4-9(5-3-8)10(12)6-11(13,14)15/h2-6H,1H3/b10-6-. The van der Waals surface area contributed by atoms with Crippen molar-refractivity contribution in [3.05, 3.63) is 41.5 Å². The fourth-order valence-corrected chi connectivity index (χ4v) is 1.62. The lowest BCUT2D eigenvalue weighted by Gasteiger charge is -2.03. The van der Waals surface area contributed by atoms with Gasteiger partial charge in [-0.05, 0) is 12.5 Å². The molecule has 0 atom stereocenters. The molecule has 0 aliphatic carbocycles. The van der Waals surface area contributed by atoms with Crippen LogP contribution in [0.1, 0.15) is 22.8 Å². The number of carbonyl (C=O) groups excluding carboxylic acids is 1. The molecule has 0 unspecified atom stereocenters. The molecule has 0 N–H and O–H groups in total. The molecule has 0 saturated heterocycles. The van der Waals surface area contributed by atoms with Crippen LogP contribution in [0, 0.1) is 0 Å². The van der Waals surface area contributed by atoms with Crippen molar-refractivity contribution in [2.45, 2.75) is 13.1 Å². The number of benzene rings is 1. The fourth-order valence-electron chi connectivity index (χ4n) is 1.09. The van der Waals surface area contributed by atoms with Crippen molar-refractivity contribution in [3.63, 3.8) is 0 Å². The summed E-state index contributed by atoms with van der Waals surface area (Å²) in [6.45, 7) is 1.40. The number of carbonyl (C=O) groups is 1. The molecule has 0 aliphatic rings. The zero-order valence-corrected chi connectivity index (χ0v) is 9.89. The van der Waals surface area contributed by atoms with Crippen molar-refractivity contribution in [2.75, 3.05) is 0 Å². The van der Waals surface area contributed by atoms with Gasteiger partial charge in [0.05, 0.1) is 0 Å². The number of hydrogen-bond donors (Lipinski definition) is 0. The maximum Gasteiger partial charge on any atom is 0.410 e. The second-order valence-electron chi connectivity index (χ2n) is 3.17. The number of alkyl halides is 3. The highest BCUT2D eigenvalue weighted by Crippen LogP contribution is 2.28. The molecule has 1 nitrogen and oxygen atoms in total. The first-order chi connectivity index (χ1) is 7.29. The highest BCUT2D eigenvalue weighted by molar-refractivity contribution is 9.15. The second-order valence-corrected chi connectivity index (χ2v) is 4.02. The first-order valence-electron chi connectivity index (χ1n) is 4.36. The Balaban J connectivity index is 2.99. The summed E-state index contributed by atoms with van der Waals surface area (Å²) < 4.78 is 36.1. The van der Waals surface area contributed by atoms with E-state index in [-0.39, 0.29) is 16.3 Å². The molecule has 0 fully saturated rings. The second kappa shape index (κ2) is 4.82. The summed E-state index contributed by atoms with van der Waals surface area (Å²) >= 11 is 2.84. The molecule has 0 saturated carbocycles. The van der Waals surface area contributed by atoms with Crippen LogP contribution in [0.5, 0.6) is 0 Å². The Hall–Kier alpha value is -1.10. The van der Waals surface area contributed by atoms with Crippen LogP contribution in [0.2, 0.25) is 0 Å². The van der Waals surface area contributed by atoms with Crippen molar-refractivity contribution >= 4 is 26.2 Å². The van der Waals surface area contributed by atoms with E-state index in [0.29, 0.717) is 11.1 Å². The molecule has 1 aromatic rings. The van der Waals surface area contributed by atoms with Crippen molar-refractivity contribution in [1.82, 2.24) is 0 Å². The highest BCUT2D eigenvalue weighted by atomic mass is 79.9. The van der Waals surface area contributed by atoms with E-state index in [1.807, 2.05) is 0 Å². The summed E-state index contributed by atoms with van der Waals surface area (Å²) in [5.74, 6) is -0.123. The van der Waals surface area contributed by atoms with Gasteiger partial charge in [0.2, 0.25) is 0 Å². The van der Waals surface area contributed by atoms with Crippen LogP contribution >= 0.6 is 15.9 Å². The van der Waals surface area contributed by atoms with Gasteiger partial charge in [-0.1, -0.05) is 40.2 Å². The first kappa shape index (κ1) is 13.0. The van der Waals surface area contributed by atoms with E-state index in [0.717, 1.165) is 0 Å². The minimum atomic E-state index is -4.36. The largest absolute Gasteiger partial charge is 0.410 e. The number of hydrogen-bond acceptors (Lipinski definition) is 1. The summed E-state index contributed by atoms with van der Waals surface area (Å²) in [7, 11) is 0. The zero-order valence-electron chi connectivity index (χ0n) is 8.31. The van der Waals surface area contributed by atoms with E-state index < -0.39 is 6.18 Å².